The van der Waals surface area contributed by atoms with Gasteiger partial charge in [0.05, 0.1) is 17.3 Å². The Labute approximate surface area is 315 Å². The van der Waals surface area contributed by atoms with Gasteiger partial charge in [0.2, 0.25) is 0 Å². The summed E-state index contributed by atoms with van der Waals surface area (Å²) in [5.41, 5.74) is 5.14. The number of rotatable bonds is 10. The normalized spacial score (nSPS) is 18.0. The molecular weight excluding hydrogens is 738 g/mol. The number of phenolic OH excluding ortho intramolecular Hbond substituents is 1. The first-order valence-electron chi connectivity index (χ1n) is 18.0. The van der Waals surface area contributed by atoms with Crippen LogP contribution in [0.4, 0.5) is 5.69 Å². The monoisotopic (exact) mass is 777 g/mol. The molecule has 1 aliphatic carbocycles. The van der Waals surface area contributed by atoms with E-state index >= 15 is 0 Å². The minimum absolute atomic E-state index is 0.0246. The topological polar surface area (TPSA) is 90.4 Å². The van der Waals surface area contributed by atoms with Crippen LogP contribution in [0.15, 0.2) is 89.4 Å². The van der Waals surface area contributed by atoms with Crippen LogP contribution in [0.5, 0.6) is 17.2 Å². The summed E-state index contributed by atoms with van der Waals surface area (Å²) < 4.78 is 8.52. The Kier molecular flexibility index (Phi) is 9.87. The zero-order valence-corrected chi connectivity index (χ0v) is 31.3. The van der Waals surface area contributed by atoms with Gasteiger partial charge in [-0.25, -0.2) is 0 Å². The lowest BCUT2D eigenvalue weighted by Crippen LogP contribution is -2.46. The summed E-state index contributed by atoms with van der Waals surface area (Å²) >= 11 is 5.14. The van der Waals surface area contributed by atoms with Crippen molar-refractivity contribution in [2.24, 2.45) is 0 Å². The minimum atomic E-state index is -0.481. The Balaban J connectivity index is 0.811. The van der Waals surface area contributed by atoms with Crippen molar-refractivity contribution in [3.05, 3.63) is 106 Å². The molecule has 1 atom stereocenters. The van der Waals surface area contributed by atoms with Crippen LogP contribution in [0.3, 0.4) is 0 Å². The molecule has 0 bridgehead atoms. The number of ether oxygens (including phenoxy) is 1. The van der Waals surface area contributed by atoms with Crippen LogP contribution in [0, 0.1) is 0 Å². The number of aryl methyl sites for hydroxylation is 1. The van der Waals surface area contributed by atoms with E-state index in [9.17, 15) is 19.5 Å². The second kappa shape index (κ2) is 14.8. The first kappa shape index (κ1) is 34.6. The third kappa shape index (κ3) is 7.24. The van der Waals surface area contributed by atoms with Crippen molar-refractivity contribution >= 4 is 60.5 Å². The third-order valence-corrected chi connectivity index (χ3v) is 12.3. The number of anilines is 1. The lowest BCUT2D eigenvalue weighted by molar-refractivity contribution is -0.133. The highest BCUT2D eigenvalue weighted by Gasteiger charge is 2.39. The van der Waals surface area contributed by atoms with E-state index < -0.39 is 6.04 Å². The number of halogens is 1. The number of hydrogen-bond donors (Lipinski definition) is 1. The average Bonchev–Trinajstić information content (AvgIpc) is 3.67. The average molecular weight is 779 g/mol. The van der Waals surface area contributed by atoms with Gasteiger partial charge in [-0.2, -0.15) is 0 Å². The van der Waals surface area contributed by atoms with Gasteiger partial charge in [-0.3, -0.25) is 19.3 Å². The minimum Gasteiger partial charge on any atom is -0.508 e. The molecule has 10 heteroatoms. The van der Waals surface area contributed by atoms with Gasteiger partial charge in [0.1, 0.15) is 17.3 Å². The fourth-order valence-corrected chi connectivity index (χ4v) is 9.09. The number of ketones is 2. The molecule has 5 aromatic rings. The number of fused-ring (bicyclic) bond motifs is 2. The SMILES string of the molecule is O=C1CCC(N2Cc3cc(N4CCN(CCCCc5ccc(Oc6c(-c7ccc(Br)cc7)sc7cc(O)ccc67)cc5)CC4)ccc3C2=O)C(=O)C1. The standard InChI is InChI=1S/C42H40BrN3O5S/c43-30-8-6-28(7-9-30)41-40(36-16-11-33(48)25-39(36)52-41)51-34-13-4-27(5-14-34)3-1-2-18-44-19-21-45(22-20-44)31-10-15-35-29(23-31)26-46(42(35)50)37-17-12-32(47)24-38(37)49/h4-11,13-16,23,25,37,48H,1-3,12,17-22,24,26H2. The molecule has 1 saturated heterocycles. The molecule has 52 heavy (non-hydrogen) atoms. The highest BCUT2D eigenvalue weighted by Crippen LogP contribution is 2.47. The highest BCUT2D eigenvalue weighted by molar-refractivity contribution is 9.10. The van der Waals surface area contributed by atoms with Gasteiger partial charge in [0.15, 0.2) is 11.5 Å². The number of carbonyl (C=O) groups is 3. The molecule has 3 heterocycles. The largest absolute Gasteiger partial charge is 0.508 e. The van der Waals surface area contributed by atoms with E-state index in [0.717, 1.165) is 99.7 Å². The van der Waals surface area contributed by atoms with Crippen LogP contribution in [0.1, 0.15) is 53.6 Å². The molecule has 266 valence electrons. The summed E-state index contributed by atoms with van der Waals surface area (Å²) in [7, 11) is 0. The molecule has 2 aliphatic heterocycles. The number of benzene rings is 4. The molecule has 1 aromatic heterocycles. The molecule has 1 unspecified atom stereocenters. The maximum Gasteiger partial charge on any atom is 0.255 e. The maximum absolute atomic E-state index is 13.1. The number of Topliss-reactive ketones (excluding diaryl/α,β-unsaturated/α-hetero) is 2. The molecule has 1 N–H and O–H groups in total. The van der Waals surface area contributed by atoms with Gasteiger partial charge < -0.3 is 19.6 Å². The molecule has 1 saturated carbocycles. The van der Waals surface area contributed by atoms with Crippen LogP contribution in [0.2, 0.25) is 0 Å². The van der Waals surface area contributed by atoms with Crippen molar-refractivity contribution in [3.63, 3.8) is 0 Å². The highest BCUT2D eigenvalue weighted by atomic mass is 79.9. The van der Waals surface area contributed by atoms with Gasteiger partial charge in [-0.1, -0.05) is 40.2 Å². The van der Waals surface area contributed by atoms with E-state index in [2.05, 4.69) is 56.1 Å². The van der Waals surface area contributed by atoms with Crippen molar-refractivity contribution in [3.8, 4) is 27.7 Å². The number of carbonyl (C=O) groups excluding carboxylic acids is 3. The molecule has 8 nitrogen and oxygen atoms in total. The van der Waals surface area contributed by atoms with Crippen LogP contribution >= 0.6 is 27.3 Å². The molecule has 2 fully saturated rings. The van der Waals surface area contributed by atoms with E-state index in [1.807, 2.05) is 42.5 Å². The predicted molar refractivity (Wildman–Crippen MR) is 209 cm³/mol. The number of hydrogen-bond acceptors (Lipinski definition) is 8. The predicted octanol–water partition coefficient (Wildman–Crippen LogP) is 8.62. The Morgan fingerprint density at radius 3 is 2.42 bits per heavy atom. The summed E-state index contributed by atoms with van der Waals surface area (Å²) in [6, 6.07) is 27.6. The summed E-state index contributed by atoms with van der Waals surface area (Å²) in [6.45, 7) is 5.38. The van der Waals surface area contributed by atoms with Crippen molar-refractivity contribution in [1.82, 2.24) is 9.80 Å². The van der Waals surface area contributed by atoms with Crippen LogP contribution in [-0.4, -0.2) is 71.1 Å². The summed E-state index contributed by atoms with van der Waals surface area (Å²) in [5, 5.41) is 11.1. The van der Waals surface area contributed by atoms with E-state index in [1.165, 1.54) is 5.56 Å². The number of phenols is 1. The van der Waals surface area contributed by atoms with E-state index in [4.69, 9.17) is 4.74 Å². The quantitative estimate of drug-likeness (QED) is 0.112. The number of aromatic hydroxyl groups is 1. The summed E-state index contributed by atoms with van der Waals surface area (Å²) in [6.07, 6.45) is 4.00. The molecule has 1 amide bonds. The number of unbranched alkanes of at least 4 members (excludes halogenated alkanes) is 1. The van der Waals surface area contributed by atoms with Crippen LogP contribution < -0.4 is 9.64 Å². The molecule has 0 radical (unpaired) electrons. The fraction of sp³-hybridized carbons (Fsp3) is 0.310. The molecule has 3 aliphatic rings. The zero-order valence-electron chi connectivity index (χ0n) is 28.9. The molecule has 8 rings (SSSR count). The second-order valence-corrected chi connectivity index (χ2v) is 16.0. The van der Waals surface area contributed by atoms with E-state index in [1.54, 1.807) is 28.4 Å². The Morgan fingerprint density at radius 2 is 1.65 bits per heavy atom. The molecular formula is C42H40BrN3O5S. The van der Waals surface area contributed by atoms with Crippen molar-refractivity contribution in [1.29, 1.82) is 0 Å². The van der Waals surface area contributed by atoms with Gasteiger partial charge in [0, 0.05) is 65.0 Å². The van der Waals surface area contributed by atoms with Gasteiger partial charge in [-0.05, 0) is 110 Å². The summed E-state index contributed by atoms with van der Waals surface area (Å²) in [5.74, 6) is 1.59. The second-order valence-electron chi connectivity index (χ2n) is 14.0. The third-order valence-electron chi connectivity index (χ3n) is 10.5. The van der Waals surface area contributed by atoms with Crippen molar-refractivity contribution in [2.45, 2.75) is 51.1 Å². The summed E-state index contributed by atoms with van der Waals surface area (Å²) in [4.78, 5) is 45.0. The van der Waals surface area contributed by atoms with Crippen molar-refractivity contribution < 1.29 is 24.2 Å². The lowest BCUT2D eigenvalue weighted by Gasteiger charge is -2.36. The molecule has 4 aromatic carbocycles. The first-order chi connectivity index (χ1) is 25.3. The van der Waals surface area contributed by atoms with Gasteiger partial charge in [0.25, 0.3) is 5.91 Å². The first-order valence-corrected chi connectivity index (χ1v) is 19.6. The number of piperazine rings is 1. The lowest BCUT2D eigenvalue weighted by atomic mass is 9.92. The van der Waals surface area contributed by atoms with E-state index in [-0.39, 0.29) is 29.6 Å². The smallest absolute Gasteiger partial charge is 0.255 e. The Bertz CT molecular complexity index is 2140. The van der Waals surface area contributed by atoms with Crippen LogP contribution in [0.25, 0.3) is 20.5 Å². The number of amides is 1. The zero-order chi connectivity index (χ0) is 35.8. The Morgan fingerprint density at radius 1 is 0.865 bits per heavy atom. The Hall–Kier alpha value is -4.51. The van der Waals surface area contributed by atoms with Crippen molar-refractivity contribution in [2.75, 3.05) is 37.6 Å². The fourth-order valence-electron chi connectivity index (χ4n) is 7.66. The van der Waals surface area contributed by atoms with Gasteiger partial charge >= 0.3 is 0 Å². The molecule has 0 spiro atoms. The maximum atomic E-state index is 13.1. The van der Waals surface area contributed by atoms with Crippen LogP contribution in [-0.2, 0) is 22.6 Å². The van der Waals surface area contributed by atoms with E-state index in [0.29, 0.717) is 24.9 Å². The number of nitrogens with zero attached hydrogens (tertiary/aromatic N) is 3. The van der Waals surface area contributed by atoms with Gasteiger partial charge in [-0.15, -0.1) is 11.3 Å². The number of thiophene rings is 1.